The van der Waals surface area contributed by atoms with Crippen LogP contribution in [0.4, 0.5) is 11.4 Å². The maximum absolute atomic E-state index is 13.1. The van der Waals surface area contributed by atoms with Gasteiger partial charge in [0.2, 0.25) is 0 Å². The van der Waals surface area contributed by atoms with Crippen LogP contribution in [0.25, 0.3) is 16.6 Å². The van der Waals surface area contributed by atoms with Crippen molar-refractivity contribution >= 4 is 39.9 Å². The van der Waals surface area contributed by atoms with E-state index in [1.54, 1.807) is 0 Å². The number of esters is 1. The van der Waals surface area contributed by atoms with Gasteiger partial charge in [0.25, 0.3) is 11.6 Å². The fraction of sp³-hybridized carbons (Fsp3) is 0.357. The zero-order valence-corrected chi connectivity index (χ0v) is 20.8. The fourth-order valence-electron chi connectivity index (χ4n) is 6.60. The Morgan fingerprint density at radius 2 is 1.97 bits per heavy atom. The van der Waals surface area contributed by atoms with Gasteiger partial charge in [-0.15, -0.1) is 0 Å². The van der Waals surface area contributed by atoms with E-state index in [2.05, 4.69) is 23.2 Å². The van der Waals surface area contributed by atoms with Crippen molar-refractivity contribution < 1.29 is 19.2 Å². The number of carbonyl (C=O) groups excluding carboxylic acids is 2. The third kappa shape index (κ3) is 3.48. The molecule has 9 nitrogen and oxygen atoms in total. The van der Waals surface area contributed by atoms with Crippen molar-refractivity contribution in [3.63, 3.8) is 0 Å². The number of hydrogen-bond donors (Lipinski definition) is 1. The highest BCUT2D eigenvalue weighted by Crippen LogP contribution is 2.57. The molecular weight excluding hydrogens is 472 g/mol. The second-order valence-corrected chi connectivity index (χ2v) is 10.1. The summed E-state index contributed by atoms with van der Waals surface area (Å²) < 4.78 is 7.29. The molecule has 0 saturated carbocycles. The number of piperidine rings is 1. The smallest absolute Gasteiger partial charge is 0.354 e. The van der Waals surface area contributed by atoms with Crippen LogP contribution < -0.4 is 5.32 Å². The minimum Gasteiger partial charge on any atom is -0.464 e. The van der Waals surface area contributed by atoms with Crippen LogP contribution in [0, 0.1) is 15.5 Å². The number of anilines is 1. The standard InChI is InChI=1S/C28H28N4O5/c1-3-28-12-4-13-30-14-11-21-20-10-7-18(29-26(33)17-5-8-19(9-6-17)32(35)36)15-22(20)31(24(21)25(28)30)23(16-28)27(34)37-2/h5-10,15-16,25H,3-4,11-14H2,1-2H3,(H,29,33)/t25-,28+/m1/s1. The number of benzene rings is 2. The van der Waals surface area contributed by atoms with Crippen molar-refractivity contribution in [1.82, 2.24) is 9.47 Å². The summed E-state index contributed by atoms with van der Waals surface area (Å²) in [5.74, 6) is -0.731. The molecule has 0 unspecified atom stereocenters. The molecule has 6 rings (SSSR count). The summed E-state index contributed by atoms with van der Waals surface area (Å²) in [5, 5.41) is 14.9. The first-order valence-corrected chi connectivity index (χ1v) is 12.7. The average molecular weight is 501 g/mol. The van der Waals surface area contributed by atoms with Gasteiger partial charge in [-0.05, 0) is 68.1 Å². The van der Waals surface area contributed by atoms with E-state index in [0.717, 1.165) is 49.7 Å². The SMILES string of the molecule is CC[C@@]12C=C(C(=O)OC)n3c4c(c5ccc(NC(=O)c6ccc([N+](=O)[O-])cc6)cc53)CCN(CCC1)[C@H]42. The predicted molar refractivity (Wildman–Crippen MR) is 139 cm³/mol. The molecule has 2 aromatic carbocycles. The van der Waals surface area contributed by atoms with Crippen LogP contribution in [-0.4, -0.2) is 46.5 Å². The summed E-state index contributed by atoms with van der Waals surface area (Å²) >= 11 is 0. The topological polar surface area (TPSA) is 107 Å². The molecule has 1 fully saturated rings. The number of hydrogen-bond acceptors (Lipinski definition) is 6. The number of nitro benzene ring substituents is 1. The quantitative estimate of drug-likeness (QED) is 0.303. The number of rotatable bonds is 5. The Kier molecular flexibility index (Phi) is 5.41. The molecule has 0 aliphatic carbocycles. The van der Waals surface area contributed by atoms with Crippen LogP contribution in [0.3, 0.4) is 0 Å². The zero-order chi connectivity index (χ0) is 25.9. The largest absolute Gasteiger partial charge is 0.464 e. The van der Waals surface area contributed by atoms with Gasteiger partial charge in [0.05, 0.1) is 23.6 Å². The summed E-state index contributed by atoms with van der Waals surface area (Å²) in [5.41, 5.74) is 4.55. The Morgan fingerprint density at radius 1 is 1.19 bits per heavy atom. The molecule has 3 aliphatic heterocycles. The number of amides is 1. The number of non-ortho nitro benzene ring substituents is 1. The van der Waals surface area contributed by atoms with E-state index in [1.807, 2.05) is 22.8 Å². The maximum Gasteiger partial charge on any atom is 0.354 e. The highest BCUT2D eigenvalue weighted by molar-refractivity contribution is 6.14. The molecule has 4 heterocycles. The Balaban J connectivity index is 1.46. The lowest BCUT2D eigenvalue weighted by atomic mass is 9.66. The third-order valence-corrected chi connectivity index (χ3v) is 8.34. The van der Waals surface area contributed by atoms with Crippen LogP contribution in [0.2, 0.25) is 0 Å². The van der Waals surface area contributed by atoms with Gasteiger partial charge in [-0.1, -0.05) is 13.0 Å². The minimum absolute atomic E-state index is 0.0714. The van der Waals surface area contributed by atoms with Gasteiger partial charge >= 0.3 is 5.97 Å². The van der Waals surface area contributed by atoms with Crippen molar-refractivity contribution in [2.45, 2.75) is 38.6 Å². The van der Waals surface area contributed by atoms with Crippen molar-refractivity contribution in [2.24, 2.45) is 5.41 Å². The first-order valence-electron chi connectivity index (χ1n) is 12.7. The maximum atomic E-state index is 13.1. The molecular formula is C28H28N4O5. The van der Waals surface area contributed by atoms with Gasteiger partial charge in [0.1, 0.15) is 5.70 Å². The first kappa shape index (κ1) is 23.4. The van der Waals surface area contributed by atoms with E-state index in [9.17, 15) is 19.7 Å². The first-order chi connectivity index (χ1) is 17.9. The summed E-state index contributed by atoms with van der Waals surface area (Å²) in [6, 6.07) is 11.5. The summed E-state index contributed by atoms with van der Waals surface area (Å²) in [4.78, 5) is 39.0. The summed E-state index contributed by atoms with van der Waals surface area (Å²) in [6.07, 6.45) is 6.11. The fourth-order valence-corrected chi connectivity index (χ4v) is 6.60. The van der Waals surface area contributed by atoms with E-state index in [0.29, 0.717) is 16.9 Å². The van der Waals surface area contributed by atoms with Gasteiger partial charge < -0.3 is 14.6 Å². The second-order valence-electron chi connectivity index (χ2n) is 10.1. The average Bonchev–Trinajstić information content (AvgIpc) is 3.25. The molecule has 0 spiro atoms. The van der Waals surface area contributed by atoms with Crippen molar-refractivity contribution in [1.29, 1.82) is 0 Å². The molecule has 0 bridgehead atoms. The molecule has 190 valence electrons. The molecule has 9 heteroatoms. The van der Waals surface area contributed by atoms with E-state index >= 15 is 0 Å². The molecule has 1 amide bonds. The summed E-state index contributed by atoms with van der Waals surface area (Å²) in [7, 11) is 1.41. The highest BCUT2D eigenvalue weighted by Gasteiger charge is 2.51. The lowest BCUT2D eigenvalue weighted by Gasteiger charge is -2.53. The number of aromatic nitrogens is 1. The number of nitrogens with one attached hydrogen (secondary N) is 1. The third-order valence-electron chi connectivity index (χ3n) is 8.34. The van der Waals surface area contributed by atoms with Crippen LogP contribution in [0.1, 0.15) is 53.8 Å². The Labute approximate surface area is 213 Å². The molecule has 0 radical (unpaired) electrons. The number of nitro groups is 1. The molecule has 37 heavy (non-hydrogen) atoms. The van der Waals surface area contributed by atoms with Gasteiger partial charge in [-0.3, -0.25) is 19.8 Å². The lowest BCUT2D eigenvalue weighted by molar-refractivity contribution is -0.384. The number of carbonyl (C=O) groups is 2. The number of methoxy groups -OCH3 is 1. The second kappa shape index (κ2) is 8.55. The molecule has 3 aliphatic rings. The van der Waals surface area contributed by atoms with Crippen molar-refractivity contribution in [3.05, 3.63) is 75.5 Å². The molecule has 3 aromatic rings. The van der Waals surface area contributed by atoms with E-state index in [4.69, 9.17) is 4.74 Å². The monoisotopic (exact) mass is 500 g/mol. The van der Waals surface area contributed by atoms with Crippen LogP contribution in [0.5, 0.6) is 0 Å². The number of ether oxygens (including phenoxy) is 1. The number of nitrogens with zero attached hydrogens (tertiary/aromatic N) is 3. The zero-order valence-electron chi connectivity index (χ0n) is 20.8. The van der Waals surface area contributed by atoms with E-state index in [-0.39, 0.29) is 29.0 Å². The Morgan fingerprint density at radius 3 is 2.68 bits per heavy atom. The normalized spacial score (nSPS) is 22.2. The van der Waals surface area contributed by atoms with Crippen molar-refractivity contribution in [3.8, 4) is 0 Å². The molecule has 1 N–H and O–H groups in total. The van der Waals surface area contributed by atoms with Gasteiger partial charge in [-0.25, -0.2) is 4.79 Å². The summed E-state index contributed by atoms with van der Waals surface area (Å²) in [6.45, 7) is 4.23. The lowest BCUT2D eigenvalue weighted by Crippen LogP contribution is -2.51. The highest BCUT2D eigenvalue weighted by atomic mass is 16.6. The molecule has 1 aromatic heterocycles. The van der Waals surface area contributed by atoms with E-state index < -0.39 is 4.92 Å². The van der Waals surface area contributed by atoms with E-state index in [1.165, 1.54) is 42.6 Å². The van der Waals surface area contributed by atoms with Gasteiger partial charge in [0.15, 0.2) is 0 Å². The van der Waals surface area contributed by atoms with Crippen LogP contribution >= 0.6 is 0 Å². The Bertz CT molecular complexity index is 1490. The van der Waals surface area contributed by atoms with Gasteiger partial charge in [0, 0.05) is 46.4 Å². The van der Waals surface area contributed by atoms with Crippen LogP contribution in [-0.2, 0) is 16.0 Å². The predicted octanol–water partition coefficient (Wildman–Crippen LogP) is 4.92. The number of fused-ring (bicyclic) bond motifs is 3. The Hall–Kier alpha value is -3.98. The molecule has 1 saturated heterocycles. The molecule has 2 atom stereocenters. The van der Waals surface area contributed by atoms with Crippen molar-refractivity contribution in [2.75, 3.05) is 25.5 Å². The minimum atomic E-state index is -0.497. The van der Waals surface area contributed by atoms with Crippen LogP contribution in [0.15, 0.2) is 48.5 Å². The van der Waals surface area contributed by atoms with Gasteiger partial charge in [-0.2, -0.15) is 0 Å².